The van der Waals surface area contributed by atoms with Gasteiger partial charge in [0.25, 0.3) is 10.0 Å². The lowest BCUT2D eigenvalue weighted by Crippen LogP contribution is -2.41. The van der Waals surface area contributed by atoms with Gasteiger partial charge in [-0.05, 0) is 60.4 Å². The molecule has 1 aromatic heterocycles. The number of hydrogen-bond acceptors (Lipinski definition) is 4. The Hall–Kier alpha value is 0.0500. The van der Waals surface area contributed by atoms with Crippen molar-refractivity contribution in [2.75, 3.05) is 26.2 Å². The van der Waals surface area contributed by atoms with Crippen LogP contribution in [0.1, 0.15) is 25.7 Å². The number of piperidine rings is 1. The molecule has 1 aromatic rings. The van der Waals surface area contributed by atoms with Gasteiger partial charge in [0.05, 0.1) is 3.79 Å². The second kappa shape index (κ2) is 6.04. The molecule has 2 aliphatic heterocycles. The van der Waals surface area contributed by atoms with Gasteiger partial charge in [-0.2, -0.15) is 4.31 Å². The summed E-state index contributed by atoms with van der Waals surface area (Å²) in [5.74, 6) is 0. The number of hydrogen-bond donors (Lipinski definition) is 0. The van der Waals surface area contributed by atoms with Crippen molar-refractivity contribution in [2.24, 2.45) is 0 Å². The summed E-state index contributed by atoms with van der Waals surface area (Å²) in [6.07, 6.45) is 4.78. The zero-order chi connectivity index (χ0) is 14.2. The van der Waals surface area contributed by atoms with Crippen LogP contribution in [0.5, 0.6) is 0 Å². The van der Waals surface area contributed by atoms with Gasteiger partial charge in [-0.25, -0.2) is 8.42 Å². The average Bonchev–Trinajstić information content (AvgIpc) is 3.09. The maximum Gasteiger partial charge on any atom is 0.252 e. The van der Waals surface area contributed by atoms with Crippen LogP contribution >= 0.6 is 27.3 Å². The van der Waals surface area contributed by atoms with E-state index >= 15 is 0 Å². The topological polar surface area (TPSA) is 40.6 Å². The largest absolute Gasteiger partial charge is 0.299 e. The van der Waals surface area contributed by atoms with Gasteiger partial charge in [0.15, 0.2) is 0 Å². The molecule has 0 aliphatic carbocycles. The molecular formula is C13H19BrN2O2S2. The summed E-state index contributed by atoms with van der Waals surface area (Å²) in [6.45, 7) is 3.56. The van der Waals surface area contributed by atoms with Gasteiger partial charge in [-0.1, -0.05) is 6.42 Å². The monoisotopic (exact) mass is 378 g/mol. The van der Waals surface area contributed by atoms with Gasteiger partial charge in [-0.15, -0.1) is 11.3 Å². The van der Waals surface area contributed by atoms with E-state index in [2.05, 4.69) is 20.8 Å². The Morgan fingerprint density at radius 1 is 1.15 bits per heavy atom. The second-order valence-corrected chi connectivity index (χ2v) is 10.1. The molecule has 2 aliphatic rings. The molecule has 0 radical (unpaired) electrons. The van der Waals surface area contributed by atoms with Gasteiger partial charge in [0, 0.05) is 19.1 Å². The van der Waals surface area contributed by atoms with E-state index < -0.39 is 10.0 Å². The molecule has 1 unspecified atom stereocenters. The van der Waals surface area contributed by atoms with Gasteiger partial charge in [0.2, 0.25) is 0 Å². The first kappa shape index (κ1) is 15.0. The highest BCUT2D eigenvalue weighted by atomic mass is 79.9. The smallest absolute Gasteiger partial charge is 0.252 e. The summed E-state index contributed by atoms with van der Waals surface area (Å²) in [7, 11) is -3.29. The highest BCUT2D eigenvalue weighted by molar-refractivity contribution is 9.11. The first-order valence-corrected chi connectivity index (χ1v) is 10.1. The number of sulfonamides is 1. The molecule has 4 nitrogen and oxygen atoms in total. The van der Waals surface area contributed by atoms with Crippen LogP contribution in [0.25, 0.3) is 0 Å². The zero-order valence-electron chi connectivity index (χ0n) is 11.3. The summed E-state index contributed by atoms with van der Waals surface area (Å²) in [5.41, 5.74) is 0. The highest BCUT2D eigenvalue weighted by Crippen LogP contribution is 2.31. The van der Waals surface area contributed by atoms with Crippen LogP contribution < -0.4 is 0 Å². The number of likely N-dealkylation sites (tertiary alicyclic amines) is 1. The lowest BCUT2D eigenvalue weighted by molar-refractivity contribution is 0.169. The quantitative estimate of drug-likeness (QED) is 0.811. The maximum absolute atomic E-state index is 12.6. The summed E-state index contributed by atoms with van der Waals surface area (Å²) in [6, 6.07) is 3.90. The molecule has 0 saturated carbocycles. The van der Waals surface area contributed by atoms with Crippen LogP contribution in [-0.4, -0.2) is 49.8 Å². The Morgan fingerprint density at radius 3 is 2.55 bits per heavy atom. The van der Waals surface area contributed by atoms with Crippen molar-refractivity contribution in [3.8, 4) is 0 Å². The Labute approximate surface area is 132 Å². The Morgan fingerprint density at radius 2 is 1.90 bits per heavy atom. The molecular weight excluding hydrogens is 360 g/mol. The van der Waals surface area contributed by atoms with Crippen LogP contribution in [0, 0.1) is 0 Å². The summed E-state index contributed by atoms with van der Waals surface area (Å²) in [4.78, 5) is 2.48. The minimum atomic E-state index is -3.29. The normalized spacial score (nSPS) is 26.1. The van der Waals surface area contributed by atoms with E-state index in [1.807, 2.05) is 0 Å². The van der Waals surface area contributed by atoms with Crippen molar-refractivity contribution in [3.63, 3.8) is 0 Å². The molecule has 0 bridgehead atoms. The van der Waals surface area contributed by atoms with E-state index in [0.717, 1.165) is 23.3 Å². The fourth-order valence-electron chi connectivity index (χ4n) is 3.07. The van der Waals surface area contributed by atoms with E-state index in [-0.39, 0.29) is 0 Å². The van der Waals surface area contributed by atoms with Crippen LogP contribution in [0.4, 0.5) is 0 Å². The molecule has 112 valence electrons. The molecule has 0 aromatic carbocycles. The fraction of sp³-hybridized carbons (Fsp3) is 0.692. The van der Waals surface area contributed by atoms with E-state index in [1.54, 1.807) is 16.4 Å². The predicted octanol–water partition coefficient (Wildman–Crippen LogP) is 2.76. The molecule has 1 atom stereocenters. The third-order valence-electron chi connectivity index (χ3n) is 4.18. The van der Waals surface area contributed by atoms with Crippen molar-refractivity contribution in [2.45, 2.75) is 35.9 Å². The van der Waals surface area contributed by atoms with Crippen LogP contribution in [0.2, 0.25) is 0 Å². The molecule has 7 heteroatoms. The molecule has 20 heavy (non-hydrogen) atoms. The predicted molar refractivity (Wildman–Crippen MR) is 84.6 cm³/mol. The SMILES string of the molecule is O=S(=O)(c1ccc(Br)s1)N1CCC(N2CCCCC2)C1. The van der Waals surface area contributed by atoms with Gasteiger partial charge >= 0.3 is 0 Å². The van der Waals surface area contributed by atoms with Crippen LogP contribution in [0.15, 0.2) is 20.1 Å². The summed E-state index contributed by atoms with van der Waals surface area (Å²) >= 11 is 4.63. The van der Waals surface area contributed by atoms with Crippen molar-refractivity contribution < 1.29 is 8.42 Å². The van der Waals surface area contributed by atoms with Crippen LogP contribution in [0.3, 0.4) is 0 Å². The molecule has 2 saturated heterocycles. The second-order valence-electron chi connectivity index (χ2n) is 5.46. The van der Waals surface area contributed by atoms with Crippen LogP contribution in [-0.2, 0) is 10.0 Å². The molecule has 3 rings (SSSR count). The Balaban J connectivity index is 1.70. The molecule has 2 fully saturated rings. The molecule has 3 heterocycles. The fourth-order valence-corrected chi connectivity index (χ4v) is 6.73. The first-order chi connectivity index (χ1) is 9.57. The summed E-state index contributed by atoms with van der Waals surface area (Å²) < 4.78 is 28.1. The molecule has 0 amide bonds. The zero-order valence-corrected chi connectivity index (χ0v) is 14.5. The lowest BCUT2D eigenvalue weighted by Gasteiger charge is -2.32. The molecule has 0 spiro atoms. The number of halogens is 1. The van der Waals surface area contributed by atoms with Gasteiger partial charge in [-0.3, -0.25) is 4.90 Å². The lowest BCUT2D eigenvalue weighted by atomic mass is 10.1. The molecule has 0 N–H and O–H groups in total. The van der Waals surface area contributed by atoms with E-state index in [9.17, 15) is 8.42 Å². The minimum absolute atomic E-state index is 0.411. The standard InChI is InChI=1S/C13H19BrN2O2S2/c14-12-4-5-13(19-12)20(17,18)16-9-6-11(10-16)15-7-2-1-3-8-15/h4-5,11H,1-3,6-10H2. The number of thiophene rings is 1. The maximum atomic E-state index is 12.6. The number of nitrogens with zero attached hydrogens (tertiary/aromatic N) is 2. The Bertz CT molecular complexity index is 567. The van der Waals surface area contributed by atoms with Crippen molar-refractivity contribution in [1.29, 1.82) is 0 Å². The minimum Gasteiger partial charge on any atom is -0.299 e. The van der Waals surface area contributed by atoms with Crippen molar-refractivity contribution in [1.82, 2.24) is 9.21 Å². The van der Waals surface area contributed by atoms with Crippen molar-refractivity contribution in [3.05, 3.63) is 15.9 Å². The van der Waals surface area contributed by atoms with E-state index in [4.69, 9.17) is 0 Å². The van der Waals surface area contributed by atoms with Crippen molar-refractivity contribution >= 4 is 37.3 Å². The third-order valence-corrected chi connectivity index (χ3v) is 8.13. The summed E-state index contributed by atoms with van der Waals surface area (Å²) in [5, 5.41) is 0. The third kappa shape index (κ3) is 2.97. The first-order valence-electron chi connectivity index (χ1n) is 7.07. The number of rotatable bonds is 3. The highest BCUT2D eigenvalue weighted by Gasteiger charge is 2.36. The average molecular weight is 379 g/mol. The van der Waals surface area contributed by atoms with E-state index in [0.29, 0.717) is 23.3 Å². The van der Waals surface area contributed by atoms with Gasteiger partial charge < -0.3 is 0 Å². The van der Waals surface area contributed by atoms with Gasteiger partial charge in [0.1, 0.15) is 4.21 Å². The Kier molecular flexibility index (Phi) is 4.52. The van der Waals surface area contributed by atoms with E-state index in [1.165, 1.54) is 30.6 Å².